The fraction of sp³-hybridized carbons (Fsp3) is 0.588. The van der Waals surface area contributed by atoms with Gasteiger partial charge < -0.3 is 14.5 Å². The smallest absolute Gasteiger partial charge is 0.319 e. The molecule has 1 aliphatic rings. The molecule has 1 fully saturated rings. The Hall–Kier alpha value is -1.55. The van der Waals surface area contributed by atoms with Gasteiger partial charge in [0.05, 0.1) is 6.10 Å². The van der Waals surface area contributed by atoms with Gasteiger partial charge in [-0.25, -0.2) is 4.79 Å². The number of nitrogens with zero attached hydrogens (tertiary/aromatic N) is 2. The van der Waals surface area contributed by atoms with Gasteiger partial charge in [0.2, 0.25) is 0 Å². The molecule has 1 aliphatic heterocycles. The van der Waals surface area contributed by atoms with Gasteiger partial charge in [-0.15, -0.1) is 0 Å². The van der Waals surface area contributed by atoms with Crippen LogP contribution in [0.25, 0.3) is 0 Å². The van der Waals surface area contributed by atoms with E-state index in [1.54, 1.807) is 7.11 Å². The molecule has 0 saturated carbocycles. The van der Waals surface area contributed by atoms with Gasteiger partial charge in [-0.3, -0.25) is 0 Å². The van der Waals surface area contributed by atoms with Crippen molar-refractivity contribution in [2.75, 3.05) is 33.8 Å². The van der Waals surface area contributed by atoms with E-state index in [1.165, 1.54) is 5.56 Å². The fourth-order valence-electron chi connectivity index (χ4n) is 2.78. The van der Waals surface area contributed by atoms with Crippen molar-refractivity contribution in [2.45, 2.75) is 31.8 Å². The fourth-order valence-corrected chi connectivity index (χ4v) is 2.78. The van der Waals surface area contributed by atoms with Crippen molar-refractivity contribution in [1.29, 1.82) is 0 Å². The summed E-state index contributed by atoms with van der Waals surface area (Å²) in [6, 6.07) is 10.6. The molecule has 0 spiro atoms. The average Bonchev–Trinajstić information content (AvgIpc) is 2.55. The van der Waals surface area contributed by atoms with E-state index in [0.29, 0.717) is 6.10 Å². The Morgan fingerprint density at radius 3 is 2.57 bits per heavy atom. The minimum atomic E-state index is 0.151. The maximum Gasteiger partial charge on any atom is 0.319 e. The van der Waals surface area contributed by atoms with Gasteiger partial charge in [-0.05, 0) is 31.2 Å². The summed E-state index contributed by atoms with van der Waals surface area (Å²) in [6.07, 6.45) is 4.22. The van der Waals surface area contributed by atoms with Gasteiger partial charge in [-0.1, -0.05) is 30.3 Å². The molecule has 116 valence electrons. The van der Waals surface area contributed by atoms with E-state index < -0.39 is 0 Å². The number of carbonyl (C=O) groups excluding carboxylic acids is 1. The van der Waals surface area contributed by atoms with E-state index in [4.69, 9.17) is 4.74 Å². The van der Waals surface area contributed by atoms with Crippen LogP contribution in [0.4, 0.5) is 4.79 Å². The zero-order chi connectivity index (χ0) is 15.1. The Morgan fingerprint density at radius 2 is 1.95 bits per heavy atom. The zero-order valence-electron chi connectivity index (χ0n) is 13.1. The highest BCUT2D eigenvalue weighted by molar-refractivity contribution is 5.74. The molecule has 0 aromatic heterocycles. The van der Waals surface area contributed by atoms with Crippen LogP contribution in [-0.4, -0.2) is 55.7 Å². The third-order valence-electron chi connectivity index (χ3n) is 4.17. The van der Waals surface area contributed by atoms with Crippen LogP contribution < -0.4 is 0 Å². The second-order valence-corrected chi connectivity index (χ2v) is 5.72. The van der Waals surface area contributed by atoms with Crippen LogP contribution >= 0.6 is 0 Å². The molecule has 1 aromatic carbocycles. The quantitative estimate of drug-likeness (QED) is 0.835. The number of methoxy groups -OCH3 is 1. The summed E-state index contributed by atoms with van der Waals surface area (Å²) in [5.41, 5.74) is 1.33. The molecule has 0 atom stereocenters. The summed E-state index contributed by atoms with van der Waals surface area (Å²) in [6.45, 7) is 2.42. The first-order valence-electron chi connectivity index (χ1n) is 7.77. The van der Waals surface area contributed by atoms with E-state index >= 15 is 0 Å². The van der Waals surface area contributed by atoms with Gasteiger partial charge in [0.25, 0.3) is 0 Å². The summed E-state index contributed by atoms with van der Waals surface area (Å²) < 4.78 is 5.34. The first-order chi connectivity index (χ1) is 10.2. The number of rotatable bonds is 5. The first-order valence-corrected chi connectivity index (χ1v) is 7.77. The highest BCUT2D eigenvalue weighted by atomic mass is 16.5. The van der Waals surface area contributed by atoms with Crippen molar-refractivity contribution in [1.82, 2.24) is 9.80 Å². The largest absolute Gasteiger partial charge is 0.381 e. The lowest BCUT2D eigenvalue weighted by atomic mass is 10.1. The molecule has 4 nitrogen and oxygen atoms in total. The molecule has 4 heteroatoms. The Bertz CT molecular complexity index is 428. The van der Waals surface area contributed by atoms with Crippen LogP contribution in [0.15, 0.2) is 30.3 Å². The van der Waals surface area contributed by atoms with Gasteiger partial charge in [0.1, 0.15) is 0 Å². The minimum absolute atomic E-state index is 0.151. The molecule has 2 rings (SSSR count). The van der Waals surface area contributed by atoms with E-state index in [0.717, 1.165) is 45.3 Å². The van der Waals surface area contributed by atoms with E-state index in [1.807, 2.05) is 22.9 Å². The summed E-state index contributed by atoms with van der Waals surface area (Å²) >= 11 is 0. The number of hydrogen-bond acceptors (Lipinski definition) is 2. The Labute approximate surface area is 127 Å². The highest BCUT2D eigenvalue weighted by Crippen LogP contribution is 2.14. The van der Waals surface area contributed by atoms with Crippen molar-refractivity contribution in [3.05, 3.63) is 35.9 Å². The van der Waals surface area contributed by atoms with Crippen LogP contribution in [0.5, 0.6) is 0 Å². The predicted octanol–water partition coefficient (Wildman–Crippen LogP) is 2.78. The molecule has 1 heterocycles. The van der Waals surface area contributed by atoms with Gasteiger partial charge >= 0.3 is 6.03 Å². The van der Waals surface area contributed by atoms with E-state index in [9.17, 15) is 4.79 Å². The van der Waals surface area contributed by atoms with Crippen molar-refractivity contribution in [3.63, 3.8) is 0 Å². The summed E-state index contributed by atoms with van der Waals surface area (Å²) in [7, 11) is 3.65. The molecule has 2 amide bonds. The highest BCUT2D eigenvalue weighted by Gasteiger charge is 2.24. The lowest BCUT2D eigenvalue weighted by Gasteiger charge is -2.34. The SMILES string of the molecule is COC1CCN(C(=O)N(C)CCCc2ccccc2)CC1. The Morgan fingerprint density at radius 1 is 1.29 bits per heavy atom. The number of amides is 2. The third kappa shape index (κ3) is 4.74. The molecular formula is C17H26N2O2. The average molecular weight is 290 g/mol. The maximum absolute atomic E-state index is 12.3. The number of carbonyl (C=O) groups is 1. The van der Waals surface area contributed by atoms with Crippen molar-refractivity contribution < 1.29 is 9.53 Å². The number of ether oxygens (including phenoxy) is 1. The molecule has 1 aromatic rings. The molecule has 0 N–H and O–H groups in total. The van der Waals surface area contributed by atoms with Crippen molar-refractivity contribution in [2.24, 2.45) is 0 Å². The summed E-state index contributed by atoms with van der Waals surface area (Å²) in [4.78, 5) is 16.1. The minimum Gasteiger partial charge on any atom is -0.381 e. The number of benzene rings is 1. The third-order valence-corrected chi connectivity index (χ3v) is 4.17. The summed E-state index contributed by atoms with van der Waals surface area (Å²) in [5, 5.41) is 0. The first kappa shape index (κ1) is 15.8. The number of likely N-dealkylation sites (tertiary alicyclic amines) is 1. The van der Waals surface area contributed by atoms with E-state index in [2.05, 4.69) is 24.3 Å². The van der Waals surface area contributed by atoms with E-state index in [-0.39, 0.29) is 6.03 Å². The monoisotopic (exact) mass is 290 g/mol. The van der Waals surface area contributed by atoms with Crippen LogP contribution in [-0.2, 0) is 11.2 Å². The molecule has 0 bridgehead atoms. The van der Waals surface area contributed by atoms with Gasteiger partial charge in [0.15, 0.2) is 0 Å². The molecule has 0 aliphatic carbocycles. The zero-order valence-corrected chi connectivity index (χ0v) is 13.1. The Kier molecular flexibility index (Phi) is 6.05. The van der Waals surface area contributed by atoms with Crippen molar-refractivity contribution >= 4 is 6.03 Å². The lowest BCUT2D eigenvalue weighted by molar-refractivity contribution is 0.0457. The normalized spacial score (nSPS) is 16.0. The number of hydrogen-bond donors (Lipinski definition) is 0. The van der Waals surface area contributed by atoms with Crippen LogP contribution in [0.1, 0.15) is 24.8 Å². The van der Waals surface area contributed by atoms with Gasteiger partial charge in [-0.2, -0.15) is 0 Å². The standard InChI is InChI=1S/C17H26N2O2/c1-18(12-6-9-15-7-4-3-5-8-15)17(20)19-13-10-16(21-2)11-14-19/h3-5,7-8,16H,6,9-14H2,1-2H3. The molecular weight excluding hydrogens is 264 g/mol. The molecule has 0 unspecified atom stereocenters. The second-order valence-electron chi connectivity index (χ2n) is 5.72. The lowest BCUT2D eigenvalue weighted by Crippen LogP contribution is -2.46. The van der Waals surface area contributed by atoms with Gasteiger partial charge in [0, 0.05) is 33.8 Å². The number of urea groups is 1. The van der Waals surface area contributed by atoms with Crippen LogP contribution in [0.2, 0.25) is 0 Å². The molecule has 0 radical (unpaired) electrons. The van der Waals surface area contributed by atoms with Crippen LogP contribution in [0, 0.1) is 0 Å². The second kappa shape index (κ2) is 8.03. The topological polar surface area (TPSA) is 32.8 Å². The molecule has 21 heavy (non-hydrogen) atoms. The Balaban J connectivity index is 1.70. The summed E-state index contributed by atoms with van der Waals surface area (Å²) in [5.74, 6) is 0. The van der Waals surface area contributed by atoms with Crippen LogP contribution in [0.3, 0.4) is 0 Å². The number of piperidine rings is 1. The molecule has 1 saturated heterocycles. The predicted molar refractivity (Wildman–Crippen MR) is 84.4 cm³/mol. The number of aryl methyl sites for hydroxylation is 1. The van der Waals surface area contributed by atoms with Crippen molar-refractivity contribution in [3.8, 4) is 0 Å². The maximum atomic E-state index is 12.3.